The summed E-state index contributed by atoms with van der Waals surface area (Å²) in [5.41, 5.74) is -20.4. The average molecular weight is 817 g/mol. The molecule has 0 saturated heterocycles. The zero-order valence-electron chi connectivity index (χ0n) is 30.8. The summed E-state index contributed by atoms with van der Waals surface area (Å²) in [5.74, 6) is -1.73. The number of aliphatic hydroxyl groups is 2. The number of rotatable bonds is 13. The third kappa shape index (κ3) is 8.80. The molecule has 18 heteroatoms. The fourth-order valence-corrected chi connectivity index (χ4v) is 5.69. The maximum atomic E-state index is 14.2. The van der Waals surface area contributed by atoms with Crippen LogP contribution in [-0.2, 0) is 17.6 Å². The fourth-order valence-electron chi connectivity index (χ4n) is 5.69. The molecule has 56 heavy (non-hydrogen) atoms. The Balaban J connectivity index is 2.26. The summed E-state index contributed by atoms with van der Waals surface area (Å²) in [6, 6.07) is 8.26. The molecule has 1 amide bonds. The molecule has 0 atom stereocenters. The van der Waals surface area contributed by atoms with Gasteiger partial charge in [0.15, 0.2) is 5.78 Å². The van der Waals surface area contributed by atoms with Gasteiger partial charge in [0, 0.05) is 44.6 Å². The summed E-state index contributed by atoms with van der Waals surface area (Å²) >= 11 is 0. The quantitative estimate of drug-likeness (QED) is 0.102. The van der Waals surface area contributed by atoms with Crippen LogP contribution in [0.25, 0.3) is 0 Å². The minimum absolute atomic E-state index is 0.000272. The van der Waals surface area contributed by atoms with Crippen molar-refractivity contribution in [3.8, 4) is 0 Å². The molecule has 0 radical (unpaired) electrons. The number of halogens is 12. The minimum atomic E-state index is -6.50. The van der Waals surface area contributed by atoms with E-state index in [1.54, 1.807) is 34.6 Å². The second-order valence-electron chi connectivity index (χ2n) is 14.3. The molecule has 0 aliphatic heterocycles. The zero-order valence-corrected chi connectivity index (χ0v) is 30.8. The Morgan fingerprint density at radius 2 is 0.982 bits per heavy atom. The van der Waals surface area contributed by atoms with Gasteiger partial charge >= 0.3 is 24.7 Å². The molecule has 0 spiro atoms. The van der Waals surface area contributed by atoms with Crippen LogP contribution in [0.4, 0.5) is 64.1 Å². The van der Waals surface area contributed by atoms with Gasteiger partial charge in [-0.15, -0.1) is 0 Å². The molecule has 0 fully saturated rings. The summed E-state index contributed by atoms with van der Waals surface area (Å²) in [4.78, 5) is 26.2. The molecule has 0 unspecified atom stereocenters. The van der Waals surface area contributed by atoms with Crippen molar-refractivity contribution in [2.75, 3.05) is 10.6 Å². The SMILES string of the molecule is CCC(C)(CC)Nc1ccc(Cc2ccc(NC(=O)c3cccc(C(=O)C(C)(C)CC)c3)c(C(O)(C(F)(F)F)C(F)(F)F)c2)cc1C(O)(C(F)(F)F)C(F)(F)F. The average Bonchev–Trinajstić information content (AvgIpc) is 3.09. The Morgan fingerprint density at radius 1 is 0.571 bits per heavy atom. The highest BCUT2D eigenvalue weighted by atomic mass is 19.4. The van der Waals surface area contributed by atoms with Gasteiger partial charge in [0.2, 0.25) is 0 Å². The van der Waals surface area contributed by atoms with Crippen molar-refractivity contribution < 1.29 is 72.5 Å². The van der Waals surface area contributed by atoms with Crippen LogP contribution in [0.2, 0.25) is 0 Å². The Labute approximate surface area is 314 Å². The van der Waals surface area contributed by atoms with Gasteiger partial charge in [-0.05, 0) is 80.1 Å². The van der Waals surface area contributed by atoms with E-state index in [0.29, 0.717) is 12.5 Å². The van der Waals surface area contributed by atoms with Crippen molar-refractivity contribution >= 4 is 23.1 Å². The van der Waals surface area contributed by atoms with E-state index in [-0.39, 0.29) is 36.1 Å². The molecule has 0 aliphatic carbocycles. The summed E-state index contributed by atoms with van der Waals surface area (Å²) < 4.78 is 170. The third-order valence-corrected chi connectivity index (χ3v) is 10.1. The van der Waals surface area contributed by atoms with E-state index in [0.717, 1.165) is 30.3 Å². The number of Topliss-reactive ketones (excluding diaryl/α,β-unsaturated/α-hetero) is 1. The van der Waals surface area contributed by atoms with Crippen LogP contribution in [0.15, 0.2) is 60.7 Å². The van der Waals surface area contributed by atoms with Gasteiger partial charge < -0.3 is 20.8 Å². The van der Waals surface area contributed by atoms with Gasteiger partial charge in [0.1, 0.15) is 0 Å². The van der Waals surface area contributed by atoms with Crippen LogP contribution in [0.3, 0.4) is 0 Å². The Morgan fingerprint density at radius 3 is 1.39 bits per heavy atom. The summed E-state index contributed by atoms with van der Waals surface area (Å²) in [7, 11) is 0. The number of carbonyl (C=O) groups excluding carboxylic acids is 2. The highest BCUT2D eigenvalue weighted by molar-refractivity contribution is 6.07. The smallest absolute Gasteiger partial charge is 0.380 e. The van der Waals surface area contributed by atoms with E-state index < -0.39 is 98.6 Å². The second kappa shape index (κ2) is 15.6. The number of hydrogen-bond donors (Lipinski definition) is 4. The molecule has 0 heterocycles. The number of benzene rings is 3. The van der Waals surface area contributed by atoms with Gasteiger partial charge in [0.25, 0.3) is 17.1 Å². The number of amides is 1. The van der Waals surface area contributed by atoms with Crippen molar-refractivity contribution in [1.82, 2.24) is 0 Å². The Bertz CT molecular complexity index is 1880. The number of nitrogens with one attached hydrogen (secondary N) is 2. The molecule has 4 N–H and O–H groups in total. The van der Waals surface area contributed by atoms with Gasteiger partial charge in [-0.2, -0.15) is 52.7 Å². The first-order chi connectivity index (χ1) is 25.3. The van der Waals surface area contributed by atoms with Gasteiger partial charge in [-0.25, -0.2) is 0 Å². The predicted molar refractivity (Wildman–Crippen MR) is 183 cm³/mol. The highest BCUT2D eigenvalue weighted by Crippen LogP contribution is 2.54. The molecule has 0 aromatic heterocycles. The Kier molecular flexibility index (Phi) is 12.8. The molecule has 0 saturated carbocycles. The lowest BCUT2D eigenvalue weighted by Crippen LogP contribution is -2.54. The molecule has 3 rings (SSSR count). The largest absolute Gasteiger partial charge is 0.430 e. The first kappa shape index (κ1) is 46.1. The maximum Gasteiger partial charge on any atom is 0.430 e. The first-order valence-corrected chi connectivity index (χ1v) is 17.1. The van der Waals surface area contributed by atoms with Crippen molar-refractivity contribution in [3.63, 3.8) is 0 Å². The van der Waals surface area contributed by atoms with E-state index in [4.69, 9.17) is 0 Å². The number of carbonyl (C=O) groups is 2. The van der Waals surface area contributed by atoms with Crippen LogP contribution in [0, 0.1) is 5.41 Å². The molecular formula is C38H40F12N2O4. The number of alkyl halides is 12. The molecular weight excluding hydrogens is 776 g/mol. The molecule has 6 nitrogen and oxygen atoms in total. The van der Waals surface area contributed by atoms with Crippen molar-refractivity contribution in [3.05, 3.63) is 94.0 Å². The fraction of sp³-hybridized carbons (Fsp3) is 0.474. The molecule has 3 aromatic carbocycles. The maximum absolute atomic E-state index is 14.2. The lowest BCUT2D eigenvalue weighted by Gasteiger charge is -2.37. The standard InChI is InChI=1S/C38H40F12N2O4/c1-7-31(4,5)29(53)23-11-10-12-24(20-23)30(54)51-27-15-13-21(18-25(27)33(55,35(39,40)41)36(42,43)44)17-22-14-16-28(52-32(6,8-2)9-3)26(19-22)34(56,37(45,46)47)38(48,49)50/h10-16,18-20,52,55-56H,7-9,17H2,1-6H3,(H,51,54). The highest BCUT2D eigenvalue weighted by Gasteiger charge is 2.73. The van der Waals surface area contributed by atoms with Crippen LogP contribution in [0.1, 0.15) is 104 Å². The van der Waals surface area contributed by atoms with Gasteiger partial charge in [-0.1, -0.05) is 58.9 Å². The van der Waals surface area contributed by atoms with Crippen LogP contribution in [0.5, 0.6) is 0 Å². The molecule has 0 bridgehead atoms. The number of anilines is 2. The van der Waals surface area contributed by atoms with E-state index in [9.17, 15) is 72.5 Å². The second-order valence-corrected chi connectivity index (χ2v) is 14.3. The topological polar surface area (TPSA) is 98.7 Å². The Hall–Kier alpha value is -4.32. The molecule has 310 valence electrons. The lowest BCUT2D eigenvalue weighted by atomic mass is 9.81. The van der Waals surface area contributed by atoms with Crippen LogP contribution >= 0.6 is 0 Å². The normalized spacial score (nSPS) is 13.8. The van der Waals surface area contributed by atoms with Gasteiger partial charge in [-0.3, -0.25) is 9.59 Å². The van der Waals surface area contributed by atoms with Crippen molar-refractivity contribution in [2.24, 2.45) is 5.41 Å². The summed E-state index contributed by atoms with van der Waals surface area (Å²) in [6.45, 7) is 9.59. The molecule has 3 aromatic rings. The summed E-state index contributed by atoms with van der Waals surface area (Å²) in [6.07, 6.45) is -25.9. The molecule has 0 aliphatic rings. The van der Waals surface area contributed by atoms with Crippen molar-refractivity contribution in [2.45, 2.75) is 109 Å². The van der Waals surface area contributed by atoms with Crippen molar-refractivity contribution in [1.29, 1.82) is 0 Å². The van der Waals surface area contributed by atoms with E-state index in [2.05, 4.69) is 5.32 Å². The van der Waals surface area contributed by atoms with Gasteiger partial charge in [0.05, 0.1) is 0 Å². The summed E-state index contributed by atoms with van der Waals surface area (Å²) in [5, 5.41) is 25.3. The van der Waals surface area contributed by atoms with E-state index >= 15 is 0 Å². The van der Waals surface area contributed by atoms with Crippen LogP contribution < -0.4 is 10.6 Å². The zero-order chi connectivity index (χ0) is 43.1. The first-order valence-electron chi connectivity index (χ1n) is 17.1. The van der Waals surface area contributed by atoms with E-state index in [1.807, 2.05) is 5.32 Å². The third-order valence-electron chi connectivity index (χ3n) is 10.1. The minimum Gasteiger partial charge on any atom is -0.380 e. The van der Waals surface area contributed by atoms with E-state index in [1.165, 1.54) is 19.1 Å². The number of ketones is 1. The monoisotopic (exact) mass is 816 g/mol. The lowest BCUT2D eigenvalue weighted by molar-refractivity contribution is -0.376. The van der Waals surface area contributed by atoms with Crippen LogP contribution in [-0.4, -0.2) is 52.1 Å². The predicted octanol–water partition coefficient (Wildman–Crippen LogP) is 10.8. The number of hydrogen-bond acceptors (Lipinski definition) is 5.